The molecule has 2 N–H and O–H groups in total. The van der Waals surface area contributed by atoms with Crippen molar-refractivity contribution >= 4 is 5.97 Å². The summed E-state index contributed by atoms with van der Waals surface area (Å²) < 4.78 is 9.65. The van der Waals surface area contributed by atoms with Gasteiger partial charge in [0.15, 0.2) is 0 Å². The van der Waals surface area contributed by atoms with Crippen LogP contribution in [0.1, 0.15) is 26.2 Å². The molecule has 0 saturated heterocycles. The van der Waals surface area contributed by atoms with Gasteiger partial charge < -0.3 is 20.1 Å². The summed E-state index contributed by atoms with van der Waals surface area (Å²) in [7, 11) is 5.12. The third-order valence-electron chi connectivity index (χ3n) is 2.81. The number of nitrogens with zero attached hydrogens (tertiary/aromatic N) is 1. The molecule has 0 radical (unpaired) electrons. The van der Waals surface area contributed by atoms with Gasteiger partial charge in [-0.2, -0.15) is 0 Å². The maximum absolute atomic E-state index is 11.3. The van der Waals surface area contributed by atoms with Crippen LogP contribution in [0.25, 0.3) is 0 Å². The van der Waals surface area contributed by atoms with Crippen LogP contribution in [0.15, 0.2) is 0 Å². The molecular formula is C12H26N2O3. The summed E-state index contributed by atoms with van der Waals surface area (Å²) >= 11 is 0. The normalized spacial score (nSPS) is 14.7. The van der Waals surface area contributed by atoms with Gasteiger partial charge in [0.1, 0.15) is 5.54 Å². The Kier molecular flexibility index (Phi) is 8.12. The van der Waals surface area contributed by atoms with Gasteiger partial charge in [0.05, 0.1) is 13.7 Å². The predicted molar refractivity (Wildman–Crippen MR) is 67.8 cm³/mol. The van der Waals surface area contributed by atoms with Crippen LogP contribution in [0.2, 0.25) is 0 Å². The second-order valence-electron chi connectivity index (χ2n) is 4.66. The maximum Gasteiger partial charge on any atom is 0.325 e. The topological polar surface area (TPSA) is 64.8 Å². The fraction of sp³-hybridized carbons (Fsp3) is 0.917. The Labute approximate surface area is 104 Å². The lowest BCUT2D eigenvalue weighted by Crippen LogP contribution is -2.45. The minimum absolute atomic E-state index is 0.342. The van der Waals surface area contributed by atoms with Gasteiger partial charge in [0.25, 0.3) is 0 Å². The zero-order valence-electron chi connectivity index (χ0n) is 11.5. The minimum Gasteiger partial charge on any atom is -0.468 e. The number of methoxy groups -OCH3 is 2. The molecule has 0 amide bonds. The number of hydrogen-bond acceptors (Lipinski definition) is 5. The van der Waals surface area contributed by atoms with E-state index in [2.05, 4.69) is 16.7 Å². The molecule has 0 aromatic carbocycles. The van der Waals surface area contributed by atoms with E-state index in [1.165, 1.54) is 7.11 Å². The molecule has 0 aliphatic carbocycles. The SMILES string of the molecule is COCCN(C)CCCCC(C)(N)C(=O)OC. The standard InChI is InChI=1S/C12H26N2O3/c1-12(13,11(15)17-4)7-5-6-8-14(2)9-10-16-3/h5-10,13H2,1-4H3. The number of nitrogens with two attached hydrogens (primary N) is 1. The Balaban J connectivity index is 3.66. The Morgan fingerprint density at radius 2 is 1.94 bits per heavy atom. The summed E-state index contributed by atoms with van der Waals surface area (Å²) in [5, 5.41) is 0. The summed E-state index contributed by atoms with van der Waals surface area (Å²) in [5.41, 5.74) is 5.00. The zero-order valence-corrected chi connectivity index (χ0v) is 11.5. The van der Waals surface area contributed by atoms with Gasteiger partial charge in [-0.15, -0.1) is 0 Å². The van der Waals surface area contributed by atoms with E-state index in [9.17, 15) is 4.79 Å². The number of carbonyl (C=O) groups is 1. The molecule has 0 fully saturated rings. The molecule has 0 aliphatic heterocycles. The highest BCUT2D eigenvalue weighted by atomic mass is 16.5. The van der Waals surface area contributed by atoms with Gasteiger partial charge in [-0.05, 0) is 39.8 Å². The van der Waals surface area contributed by atoms with Crippen molar-refractivity contribution in [1.29, 1.82) is 0 Å². The average molecular weight is 246 g/mol. The predicted octanol–water partition coefficient (Wildman–Crippen LogP) is 0.625. The van der Waals surface area contributed by atoms with Crippen molar-refractivity contribution < 1.29 is 14.3 Å². The fourth-order valence-electron chi connectivity index (χ4n) is 1.57. The van der Waals surface area contributed by atoms with Gasteiger partial charge in [0.2, 0.25) is 0 Å². The van der Waals surface area contributed by atoms with E-state index in [-0.39, 0.29) is 5.97 Å². The number of ether oxygens (including phenoxy) is 2. The zero-order chi connectivity index (χ0) is 13.3. The summed E-state index contributed by atoms with van der Waals surface area (Å²) in [4.78, 5) is 13.5. The van der Waals surface area contributed by atoms with Crippen molar-refractivity contribution in [2.24, 2.45) is 5.73 Å². The average Bonchev–Trinajstić information content (AvgIpc) is 2.30. The first-order chi connectivity index (χ1) is 7.94. The van der Waals surface area contributed by atoms with Crippen molar-refractivity contribution in [1.82, 2.24) is 4.90 Å². The van der Waals surface area contributed by atoms with Crippen LogP contribution >= 0.6 is 0 Å². The monoisotopic (exact) mass is 246 g/mol. The van der Waals surface area contributed by atoms with Crippen molar-refractivity contribution in [3.8, 4) is 0 Å². The number of esters is 1. The van der Waals surface area contributed by atoms with Gasteiger partial charge in [-0.1, -0.05) is 0 Å². The van der Waals surface area contributed by atoms with Crippen LogP contribution in [0, 0.1) is 0 Å². The largest absolute Gasteiger partial charge is 0.468 e. The third kappa shape index (κ3) is 7.31. The van der Waals surface area contributed by atoms with Crippen molar-refractivity contribution in [2.45, 2.75) is 31.7 Å². The molecule has 17 heavy (non-hydrogen) atoms. The van der Waals surface area contributed by atoms with E-state index >= 15 is 0 Å². The minimum atomic E-state index is -0.861. The first-order valence-corrected chi connectivity index (χ1v) is 5.99. The molecule has 0 aromatic heterocycles. The van der Waals surface area contributed by atoms with Gasteiger partial charge >= 0.3 is 5.97 Å². The van der Waals surface area contributed by atoms with Crippen LogP contribution in [-0.4, -0.2) is 57.4 Å². The van der Waals surface area contributed by atoms with Crippen LogP contribution in [-0.2, 0) is 14.3 Å². The maximum atomic E-state index is 11.3. The first kappa shape index (κ1) is 16.4. The lowest BCUT2D eigenvalue weighted by atomic mass is 9.96. The van der Waals surface area contributed by atoms with Crippen molar-refractivity contribution in [3.63, 3.8) is 0 Å². The number of likely N-dealkylation sites (N-methyl/N-ethyl adjacent to an activating group) is 1. The number of rotatable bonds is 9. The van der Waals surface area contributed by atoms with E-state index < -0.39 is 5.54 Å². The quantitative estimate of drug-likeness (QED) is 0.477. The smallest absolute Gasteiger partial charge is 0.325 e. The Hall–Kier alpha value is -0.650. The number of carbonyl (C=O) groups excluding carboxylic acids is 1. The molecule has 5 nitrogen and oxygen atoms in total. The molecule has 102 valence electrons. The lowest BCUT2D eigenvalue weighted by Gasteiger charge is -2.22. The van der Waals surface area contributed by atoms with E-state index in [1.54, 1.807) is 14.0 Å². The molecule has 0 rings (SSSR count). The second kappa shape index (κ2) is 8.44. The molecular weight excluding hydrogens is 220 g/mol. The van der Waals surface area contributed by atoms with Gasteiger partial charge in [-0.25, -0.2) is 0 Å². The summed E-state index contributed by atoms with van der Waals surface area (Å²) in [5.74, 6) is -0.342. The molecule has 1 atom stereocenters. The summed E-state index contributed by atoms with van der Waals surface area (Å²) in [6, 6.07) is 0. The Morgan fingerprint density at radius 1 is 1.29 bits per heavy atom. The van der Waals surface area contributed by atoms with Gasteiger partial charge in [-0.3, -0.25) is 4.79 Å². The van der Waals surface area contributed by atoms with Crippen molar-refractivity contribution in [3.05, 3.63) is 0 Å². The molecule has 0 bridgehead atoms. The summed E-state index contributed by atoms with van der Waals surface area (Å²) in [6.07, 6.45) is 2.58. The molecule has 0 aliphatic rings. The highest BCUT2D eigenvalue weighted by Gasteiger charge is 2.28. The molecule has 0 saturated carbocycles. The van der Waals surface area contributed by atoms with E-state index in [0.717, 1.165) is 32.5 Å². The molecule has 0 spiro atoms. The Bertz CT molecular complexity index is 220. The third-order valence-corrected chi connectivity index (χ3v) is 2.81. The summed E-state index contributed by atoms with van der Waals surface area (Å²) in [6.45, 7) is 4.37. The van der Waals surface area contributed by atoms with Crippen LogP contribution in [0.4, 0.5) is 0 Å². The highest BCUT2D eigenvalue weighted by Crippen LogP contribution is 2.12. The molecule has 5 heteroatoms. The van der Waals surface area contributed by atoms with Crippen LogP contribution in [0.3, 0.4) is 0 Å². The van der Waals surface area contributed by atoms with Crippen LogP contribution in [0.5, 0.6) is 0 Å². The number of unbranched alkanes of at least 4 members (excludes halogenated alkanes) is 1. The van der Waals surface area contributed by atoms with E-state index in [4.69, 9.17) is 10.5 Å². The Morgan fingerprint density at radius 3 is 2.47 bits per heavy atom. The highest BCUT2D eigenvalue weighted by molar-refractivity contribution is 5.79. The molecule has 1 unspecified atom stereocenters. The molecule has 0 heterocycles. The van der Waals surface area contributed by atoms with Crippen molar-refractivity contribution in [2.75, 3.05) is 41.0 Å². The van der Waals surface area contributed by atoms with E-state index in [0.29, 0.717) is 6.42 Å². The van der Waals surface area contributed by atoms with E-state index in [1.807, 2.05) is 0 Å². The fourth-order valence-corrected chi connectivity index (χ4v) is 1.57. The lowest BCUT2D eigenvalue weighted by molar-refractivity contribution is -0.146. The molecule has 0 aromatic rings. The van der Waals surface area contributed by atoms with Crippen LogP contribution < -0.4 is 5.73 Å². The van der Waals surface area contributed by atoms with Gasteiger partial charge in [0, 0.05) is 13.7 Å². The second-order valence-corrected chi connectivity index (χ2v) is 4.66. The number of hydrogen-bond donors (Lipinski definition) is 1. The first-order valence-electron chi connectivity index (χ1n) is 5.99.